The number of hydrogen-bond donors (Lipinski definition) is 4. The van der Waals surface area contributed by atoms with E-state index in [1.54, 1.807) is 49.4 Å². The zero-order chi connectivity index (χ0) is 24.1. The molecule has 0 saturated carbocycles. The summed E-state index contributed by atoms with van der Waals surface area (Å²) in [6, 6.07) is 18.9. The first-order valence-corrected chi connectivity index (χ1v) is 11.2. The zero-order valence-corrected chi connectivity index (χ0v) is 19.3. The van der Waals surface area contributed by atoms with Crippen LogP contribution in [0.3, 0.4) is 0 Å². The quantitative estimate of drug-likeness (QED) is 0.270. The Morgan fingerprint density at radius 2 is 1.50 bits per heavy atom. The van der Waals surface area contributed by atoms with Crippen LogP contribution in [0.5, 0.6) is 0 Å². The molecule has 0 atom stereocenters. The van der Waals surface area contributed by atoms with Gasteiger partial charge >= 0.3 is 6.03 Å². The molecule has 0 aliphatic rings. The van der Waals surface area contributed by atoms with Crippen molar-refractivity contribution in [2.75, 3.05) is 21.3 Å². The predicted molar refractivity (Wildman–Crippen MR) is 134 cm³/mol. The molecular formula is C25H22N4O4S. The number of benzene rings is 2. The van der Waals surface area contributed by atoms with Gasteiger partial charge in [0.1, 0.15) is 0 Å². The van der Waals surface area contributed by atoms with Crippen LogP contribution in [0.2, 0.25) is 0 Å². The minimum atomic E-state index is -0.390. The molecule has 4 aromatic rings. The van der Waals surface area contributed by atoms with Crippen LogP contribution >= 0.6 is 11.3 Å². The number of hydrogen-bond acceptors (Lipinski definition) is 5. The van der Waals surface area contributed by atoms with Gasteiger partial charge in [-0.15, -0.1) is 11.3 Å². The molecule has 0 aliphatic heterocycles. The molecule has 0 saturated heterocycles. The van der Waals surface area contributed by atoms with Crippen molar-refractivity contribution in [3.05, 3.63) is 94.8 Å². The number of thiophene rings is 1. The van der Waals surface area contributed by atoms with E-state index in [4.69, 9.17) is 4.42 Å². The molecule has 4 amide bonds. The van der Waals surface area contributed by atoms with Gasteiger partial charge in [-0.3, -0.25) is 9.59 Å². The summed E-state index contributed by atoms with van der Waals surface area (Å²) >= 11 is 1.17. The molecule has 2 aromatic heterocycles. The van der Waals surface area contributed by atoms with Crippen LogP contribution < -0.4 is 21.3 Å². The molecular weight excluding hydrogens is 452 g/mol. The molecule has 172 valence electrons. The van der Waals surface area contributed by atoms with Gasteiger partial charge in [-0.05, 0) is 67.4 Å². The normalized spacial score (nSPS) is 10.4. The molecule has 0 bridgehead atoms. The van der Waals surface area contributed by atoms with E-state index in [1.807, 2.05) is 31.2 Å². The van der Waals surface area contributed by atoms with E-state index in [-0.39, 0.29) is 17.6 Å². The van der Waals surface area contributed by atoms with E-state index in [2.05, 4.69) is 21.3 Å². The molecule has 4 rings (SSSR count). The average Bonchev–Trinajstić information content (AvgIpc) is 3.47. The van der Waals surface area contributed by atoms with Gasteiger partial charge in [-0.25, -0.2) is 4.79 Å². The Morgan fingerprint density at radius 1 is 0.735 bits per heavy atom. The molecule has 0 spiro atoms. The van der Waals surface area contributed by atoms with E-state index in [1.165, 1.54) is 17.6 Å². The van der Waals surface area contributed by atoms with Crippen LogP contribution in [0.4, 0.5) is 26.9 Å². The van der Waals surface area contributed by atoms with Crippen molar-refractivity contribution in [1.82, 2.24) is 0 Å². The van der Waals surface area contributed by atoms with Gasteiger partial charge in [0.2, 0.25) is 0 Å². The highest BCUT2D eigenvalue weighted by molar-refractivity contribution is 7.18. The van der Waals surface area contributed by atoms with Crippen molar-refractivity contribution >= 4 is 51.2 Å². The largest absolute Gasteiger partial charge is 0.459 e. The summed E-state index contributed by atoms with van der Waals surface area (Å²) in [6.45, 7) is 3.66. The first-order chi connectivity index (χ1) is 16.4. The second-order valence-corrected chi connectivity index (χ2v) is 8.54. The van der Waals surface area contributed by atoms with Crippen LogP contribution in [0.25, 0.3) is 0 Å². The molecule has 2 aromatic carbocycles. The molecule has 2 heterocycles. The Hall–Kier alpha value is -4.37. The Labute approximate surface area is 200 Å². The van der Waals surface area contributed by atoms with Crippen LogP contribution in [-0.2, 0) is 0 Å². The summed E-state index contributed by atoms with van der Waals surface area (Å²) in [5.41, 5.74) is 3.33. The van der Waals surface area contributed by atoms with Crippen LogP contribution in [0.1, 0.15) is 31.4 Å². The Bertz CT molecular complexity index is 1330. The summed E-state index contributed by atoms with van der Waals surface area (Å²) in [5.74, 6) is -0.509. The molecule has 0 fully saturated rings. The van der Waals surface area contributed by atoms with E-state index in [0.717, 1.165) is 11.1 Å². The van der Waals surface area contributed by atoms with Gasteiger partial charge in [-0.2, -0.15) is 0 Å². The maximum Gasteiger partial charge on any atom is 0.323 e. The van der Waals surface area contributed by atoms with Crippen molar-refractivity contribution in [1.29, 1.82) is 0 Å². The van der Waals surface area contributed by atoms with Crippen molar-refractivity contribution in [3.8, 4) is 0 Å². The van der Waals surface area contributed by atoms with Gasteiger partial charge in [0.05, 0.1) is 16.1 Å². The Kier molecular flexibility index (Phi) is 6.74. The fraction of sp³-hybridized carbons (Fsp3) is 0.0800. The van der Waals surface area contributed by atoms with Gasteiger partial charge in [0.25, 0.3) is 11.8 Å². The Morgan fingerprint density at radius 3 is 2.24 bits per heavy atom. The number of para-hydroxylation sites is 1. The molecule has 0 unspecified atom stereocenters. The number of aryl methyl sites for hydroxylation is 2. The number of amides is 4. The molecule has 9 heteroatoms. The third kappa shape index (κ3) is 5.51. The molecule has 0 radical (unpaired) electrons. The highest BCUT2D eigenvalue weighted by atomic mass is 32.1. The summed E-state index contributed by atoms with van der Waals surface area (Å²) in [7, 11) is 0. The second-order valence-electron chi connectivity index (χ2n) is 7.48. The standard InChI is InChI=1S/C25H22N4O4S/c1-15-10-11-18(27-25(32)26-17-7-4-3-5-8-17)14-19(15)28-24(31)22-16(2)13-21(34-22)29-23(30)20-9-6-12-33-20/h3-14H,1-2H3,(H,28,31)(H,29,30)(H2,26,27,32). The van der Waals surface area contributed by atoms with Crippen molar-refractivity contribution in [3.63, 3.8) is 0 Å². The second kappa shape index (κ2) is 10.1. The van der Waals surface area contributed by atoms with E-state index < -0.39 is 6.03 Å². The first kappa shape index (κ1) is 22.8. The van der Waals surface area contributed by atoms with Gasteiger partial charge in [0.15, 0.2) is 5.76 Å². The minimum Gasteiger partial charge on any atom is -0.459 e. The van der Waals surface area contributed by atoms with E-state index >= 15 is 0 Å². The number of anilines is 4. The van der Waals surface area contributed by atoms with Gasteiger partial charge in [0, 0.05) is 17.1 Å². The summed E-state index contributed by atoms with van der Waals surface area (Å²) in [6.07, 6.45) is 1.42. The highest BCUT2D eigenvalue weighted by Crippen LogP contribution is 2.29. The third-order valence-electron chi connectivity index (χ3n) is 4.88. The smallest absolute Gasteiger partial charge is 0.323 e. The lowest BCUT2D eigenvalue weighted by Crippen LogP contribution is -2.19. The van der Waals surface area contributed by atoms with Gasteiger partial charge in [-0.1, -0.05) is 24.3 Å². The number of carbonyl (C=O) groups excluding carboxylic acids is 3. The van der Waals surface area contributed by atoms with E-state index in [0.29, 0.717) is 26.9 Å². The van der Waals surface area contributed by atoms with Crippen LogP contribution in [-0.4, -0.2) is 17.8 Å². The third-order valence-corrected chi connectivity index (χ3v) is 6.03. The first-order valence-electron chi connectivity index (χ1n) is 10.4. The average molecular weight is 475 g/mol. The molecule has 34 heavy (non-hydrogen) atoms. The number of urea groups is 1. The van der Waals surface area contributed by atoms with Gasteiger partial charge < -0.3 is 25.7 Å². The fourth-order valence-electron chi connectivity index (χ4n) is 3.18. The monoisotopic (exact) mass is 474 g/mol. The SMILES string of the molecule is Cc1ccc(NC(=O)Nc2ccccc2)cc1NC(=O)c1sc(NC(=O)c2ccco2)cc1C. The Balaban J connectivity index is 1.43. The topological polar surface area (TPSA) is 112 Å². The fourth-order valence-corrected chi connectivity index (χ4v) is 4.14. The molecule has 4 N–H and O–H groups in total. The maximum atomic E-state index is 13.0. The van der Waals surface area contributed by atoms with E-state index in [9.17, 15) is 14.4 Å². The number of carbonyl (C=O) groups is 3. The number of rotatable bonds is 6. The van der Waals surface area contributed by atoms with Crippen molar-refractivity contribution < 1.29 is 18.8 Å². The lowest BCUT2D eigenvalue weighted by atomic mass is 10.1. The number of nitrogens with one attached hydrogen (secondary N) is 4. The summed E-state index contributed by atoms with van der Waals surface area (Å²) < 4.78 is 5.09. The zero-order valence-electron chi connectivity index (χ0n) is 18.5. The lowest BCUT2D eigenvalue weighted by molar-refractivity contribution is 0.0995. The minimum absolute atomic E-state index is 0.188. The highest BCUT2D eigenvalue weighted by Gasteiger charge is 2.17. The molecule has 0 aliphatic carbocycles. The number of furan rings is 1. The van der Waals surface area contributed by atoms with Crippen molar-refractivity contribution in [2.24, 2.45) is 0 Å². The maximum absolute atomic E-state index is 13.0. The van der Waals surface area contributed by atoms with Crippen LogP contribution in [0.15, 0.2) is 77.4 Å². The predicted octanol–water partition coefficient (Wildman–Crippen LogP) is 6.11. The van der Waals surface area contributed by atoms with Crippen LogP contribution in [0, 0.1) is 13.8 Å². The molecule has 8 nitrogen and oxygen atoms in total. The summed E-state index contributed by atoms with van der Waals surface area (Å²) in [4.78, 5) is 37.9. The summed E-state index contributed by atoms with van der Waals surface area (Å²) in [5, 5.41) is 11.7. The lowest BCUT2D eigenvalue weighted by Gasteiger charge is -2.12. The van der Waals surface area contributed by atoms with Crippen molar-refractivity contribution in [2.45, 2.75) is 13.8 Å².